The number of amides is 2. The highest BCUT2D eigenvalue weighted by molar-refractivity contribution is 5.90. The number of likely N-dealkylation sites (N-methyl/N-ethyl adjacent to an activating group) is 2. The molecule has 0 saturated carbocycles. The first-order valence-electron chi connectivity index (χ1n) is 6.85. The average molecular weight is 277 g/mol. The van der Waals surface area contributed by atoms with Gasteiger partial charge in [0.1, 0.15) is 0 Å². The van der Waals surface area contributed by atoms with Crippen molar-refractivity contribution in [2.24, 2.45) is 0 Å². The number of anilines is 2. The number of nitrogens with one attached hydrogen (secondary N) is 1. The minimum atomic E-state index is -0.899. The van der Waals surface area contributed by atoms with Gasteiger partial charge in [-0.05, 0) is 38.0 Å². The van der Waals surface area contributed by atoms with Crippen LogP contribution in [-0.4, -0.2) is 48.8 Å². The third kappa shape index (κ3) is 3.42. The fourth-order valence-corrected chi connectivity index (χ4v) is 2.49. The van der Waals surface area contributed by atoms with Crippen molar-refractivity contribution in [3.05, 3.63) is 23.8 Å². The average Bonchev–Trinajstić information content (AvgIpc) is 2.69. The molecule has 2 amide bonds. The summed E-state index contributed by atoms with van der Waals surface area (Å²) in [5.41, 5.74) is 2.37. The van der Waals surface area contributed by atoms with Crippen molar-refractivity contribution in [3.8, 4) is 0 Å². The van der Waals surface area contributed by atoms with E-state index in [2.05, 4.69) is 23.3 Å². The first-order chi connectivity index (χ1) is 9.26. The lowest BCUT2D eigenvalue weighted by Gasteiger charge is -2.25. The Morgan fingerprint density at radius 1 is 1.50 bits per heavy atom. The Morgan fingerprint density at radius 3 is 2.85 bits per heavy atom. The molecule has 0 spiro atoms. The van der Waals surface area contributed by atoms with Gasteiger partial charge in [0.2, 0.25) is 0 Å². The van der Waals surface area contributed by atoms with E-state index >= 15 is 0 Å². The van der Waals surface area contributed by atoms with Crippen LogP contribution in [0.15, 0.2) is 18.2 Å². The number of hydrogen-bond acceptors (Lipinski definition) is 3. The van der Waals surface area contributed by atoms with Crippen LogP contribution in [0.4, 0.5) is 16.2 Å². The third-order valence-corrected chi connectivity index (χ3v) is 3.44. The van der Waals surface area contributed by atoms with Crippen LogP contribution in [0.1, 0.15) is 19.4 Å². The molecule has 1 aliphatic heterocycles. The minimum absolute atomic E-state index is 0.215. The van der Waals surface area contributed by atoms with Gasteiger partial charge in [0.15, 0.2) is 0 Å². The van der Waals surface area contributed by atoms with Crippen molar-refractivity contribution in [2.45, 2.75) is 25.9 Å². The first kappa shape index (κ1) is 14.7. The second kappa shape index (κ2) is 5.32. The largest absolute Gasteiger partial charge is 0.389 e. The van der Waals surface area contributed by atoms with Gasteiger partial charge in [-0.15, -0.1) is 0 Å². The maximum Gasteiger partial charge on any atom is 0.321 e. The van der Waals surface area contributed by atoms with E-state index in [1.807, 2.05) is 12.1 Å². The lowest BCUT2D eigenvalue weighted by molar-refractivity contribution is 0.0550. The number of hydrogen-bond donors (Lipinski definition) is 2. The molecule has 0 radical (unpaired) electrons. The summed E-state index contributed by atoms with van der Waals surface area (Å²) >= 11 is 0. The van der Waals surface area contributed by atoms with Crippen LogP contribution >= 0.6 is 0 Å². The number of carbonyl (C=O) groups is 1. The summed E-state index contributed by atoms with van der Waals surface area (Å²) in [6.45, 7) is 4.66. The van der Waals surface area contributed by atoms with Crippen molar-refractivity contribution in [2.75, 3.05) is 37.4 Å². The van der Waals surface area contributed by atoms with Gasteiger partial charge in [-0.3, -0.25) is 0 Å². The van der Waals surface area contributed by atoms with Crippen LogP contribution in [0.25, 0.3) is 0 Å². The zero-order chi connectivity index (χ0) is 14.9. The lowest BCUT2D eigenvalue weighted by atomic mass is 10.1. The molecule has 5 nitrogen and oxygen atoms in total. The maximum absolute atomic E-state index is 12.1. The van der Waals surface area contributed by atoms with Crippen LogP contribution in [-0.2, 0) is 6.42 Å². The zero-order valence-corrected chi connectivity index (χ0v) is 12.6. The number of rotatable bonds is 3. The predicted molar refractivity (Wildman–Crippen MR) is 81.4 cm³/mol. The first-order valence-corrected chi connectivity index (χ1v) is 6.85. The van der Waals surface area contributed by atoms with Gasteiger partial charge in [-0.2, -0.15) is 0 Å². The van der Waals surface area contributed by atoms with E-state index in [0.717, 1.165) is 18.7 Å². The number of aliphatic hydroxyl groups is 1. The van der Waals surface area contributed by atoms with Gasteiger partial charge >= 0.3 is 6.03 Å². The van der Waals surface area contributed by atoms with Crippen molar-refractivity contribution < 1.29 is 9.90 Å². The Kier molecular flexibility index (Phi) is 3.90. The van der Waals surface area contributed by atoms with Crippen LogP contribution in [0.3, 0.4) is 0 Å². The molecule has 0 saturated heterocycles. The van der Waals surface area contributed by atoms with Gasteiger partial charge in [-0.1, -0.05) is 6.07 Å². The molecule has 20 heavy (non-hydrogen) atoms. The molecule has 1 aromatic rings. The second-order valence-electron chi connectivity index (χ2n) is 6.11. The Bertz CT molecular complexity index is 508. The Hall–Kier alpha value is -1.75. The molecule has 0 aromatic heterocycles. The van der Waals surface area contributed by atoms with Crippen LogP contribution < -0.4 is 10.2 Å². The molecule has 1 heterocycles. The molecular weight excluding hydrogens is 254 g/mol. The van der Waals surface area contributed by atoms with Crippen molar-refractivity contribution >= 4 is 17.4 Å². The number of nitrogens with zero attached hydrogens (tertiary/aromatic N) is 2. The van der Waals surface area contributed by atoms with Gasteiger partial charge in [0.05, 0.1) is 12.1 Å². The molecule has 5 heteroatoms. The van der Waals surface area contributed by atoms with E-state index in [-0.39, 0.29) is 12.6 Å². The fourth-order valence-electron chi connectivity index (χ4n) is 2.49. The standard InChI is InChI=1S/C15H23N3O2/c1-15(2,20)10-18(4)14(19)16-12-6-5-11-7-8-17(3)13(11)9-12/h5-6,9,20H,7-8,10H2,1-4H3,(H,16,19). The van der Waals surface area contributed by atoms with E-state index in [4.69, 9.17) is 0 Å². The maximum atomic E-state index is 12.1. The molecule has 2 rings (SSSR count). The van der Waals surface area contributed by atoms with Crippen LogP contribution in [0.2, 0.25) is 0 Å². The van der Waals surface area contributed by atoms with Gasteiger partial charge in [0.25, 0.3) is 0 Å². The number of urea groups is 1. The van der Waals surface area contributed by atoms with Gasteiger partial charge in [0, 0.05) is 32.0 Å². The number of carbonyl (C=O) groups excluding carboxylic acids is 1. The van der Waals surface area contributed by atoms with Gasteiger partial charge < -0.3 is 20.2 Å². The minimum Gasteiger partial charge on any atom is -0.389 e. The molecule has 1 aliphatic rings. The Balaban J connectivity index is 2.03. The molecule has 0 bridgehead atoms. The molecule has 2 N–H and O–H groups in total. The summed E-state index contributed by atoms with van der Waals surface area (Å²) in [4.78, 5) is 15.7. The lowest BCUT2D eigenvalue weighted by Crippen LogP contribution is -2.41. The highest BCUT2D eigenvalue weighted by Gasteiger charge is 2.20. The van der Waals surface area contributed by atoms with Crippen LogP contribution in [0, 0.1) is 0 Å². The molecule has 1 aromatic carbocycles. The Labute approximate surface area is 120 Å². The molecule has 0 atom stereocenters. The summed E-state index contributed by atoms with van der Waals surface area (Å²) < 4.78 is 0. The molecule has 0 aliphatic carbocycles. The van der Waals surface area contributed by atoms with Crippen molar-refractivity contribution in [1.29, 1.82) is 0 Å². The topological polar surface area (TPSA) is 55.8 Å². The summed E-state index contributed by atoms with van der Waals surface area (Å²) in [7, 11) is 3.73. The number of benzene rings is 1. The predicted octanol–water partition coefficient (Wildman–Crippen LogP) is 1.91. The number of fused-ring (bicyclic) bond motifs is 1. The van der Waals surface area contributed by atoms with E-state index in [0.29, 0.717) is 0 Å². The fraction of sp³-hybridized carbons (Fsp3) is 0.533. The third-order valence-electron chi connectivity index (χ3n) is 3.44. The zero-order valence-electron chi connectivity index (χ0n) is 12.6. The summed E-state index contributed by atoms with van der Waals surface area (Å²) in [5, 5.41) is 12.6. The summed E-state index contributed by atoms with van der Waals surface area (Å²) in [5.74, 6) is 0. The van der Waals surface area contributed by atoms with Crippen molar-refractivity contribution in [3.63, 3.8) is 0 Å². The molecular formula is C15H23N3O2. The highest BCUT2D eigenvalue weighted by Crippen LogP contribution is 2.29. The highest BCUT2D eigenvalue weighted by atomic mass is 16.3. The Morgan fingerprint density at radius 2 is 2.20 bits per heavy atom. The van der Waals surface area contributed by atoms with E-state index in [1.165, 1.54) is 16.2 Å². The monoisotopic (exact) mass is 277 g/mol. The molecule has 110 valence electrons. The van der Waals surface area contributed by atoms with Gasteiger partial charge in [-0.25, -0.2) is 4.79 Å². The summed E-state index contributed by atoms with van der Waals surface area (Å²) in [6, 6.07) is 5.77. The summed E-state index contributed by atoms with van der Waals surface area (Å²) in [6.07, 6.45) is 1.05. The van der Waals surface area contributed by atoms with Crippen LogP contribution in [0.5, 0.6) is 0 Å². The second-order valence-corrected chi connectivity index (χ2v) is 6.11. The smallest absolute Gasteiger partial charge is 0.321 e. The van der Waals surface area contributed by atoms with E-state index in [1.54, 1.807) is 20.9 Å². The molecule has 0 unspecified atom stereocenters. The SMILES string of the molecule is CN(CC(C)(C)O)C(=O)Nc1ccc2c(c1)N(C)CC2. The molecule has 0 fully saturated rings. The quantitative estimate of drug-likeness (QED) is 0.887. The van der Waals surface area contributed by atoms with E-state index < -0.39 is 5.60 Å². The van der Waals surface area contributed by atoms with Crippen molar-refractivity contribution in [1.82, 2.24) is 4.90 Å². The van der Waals surface area contributed by atoms with E-state index in [9.17, 15) is 9.90 Å². The normalized spacial score (nSPS) is 14.2.